The molecule has 1 aromatic carbocycles. The molecule has 0 saturated heterocycles. The first kappa shape index (κ1) is 12.3. The second-order valence-electron chi connectivity index (χ2n) is 4.23. The van der Waals surface area contributed by atoms with Crippen molar-refractivity contribution in [3.05, 3.63) is 24.0 Å². The molecule has 0 aromatic heterocycles. The van der Waals surface area contributed by atoms with Gasteiger partial charge in [-0.1, -0.05) is 0 Å². The lowest BCUT2D eigenvalue weighted by molar-refractivity contribution is 0.246. The summed E-state index contributed by atoms with van der Waals surface area (Å²) >= 11 is 0. The number of nitrogens with two attached hydrogens (primary N) is 1. The molecule has 0 bridgehead atoms. The molecule has 2 rings (SSSR count). The van der Waals surface area contributed by atoms with Crippen LogP contribution in [-0.4, -0.2) is 25.7 Å². The van der Waals surface area contributed by atoms with Crippen molar-refractivity contribution in [1.29, 1.82) is 0 Å². The number of nitrogens with one attached hydrogen (secondary N) is 1. The minimum Gasteiger partial charge on any atom is -0.398 e. The molecule has 1 fully saturated rings. The molecule has 4 N–H and O–H groups in total. The van der Waals surface area contributed by atoms with Crippen molar-refractivity contribution in [3.63, 3.8) is 0 Å². The first-order chi connectivity index (χ1) is 7.88. The maximum Gasteiger partial charge on any atom is 0.243 e. The van der Waals surface area contributed by atoms with Gasteiger partial charge in [0.05, 0.1) is 17.8 Å². The molecule has 0 aliphatic heterocycles. The van der Waals surface area contributed by atoms with Crippen LogP contribution in [-0.2, 0) is 10.0 Å². The zero-order valence-corrected chi connectivity index (χ0v) is 9.80. The van der Waals surface area contributed by atoms with Crippen LogP contribution in [0.25, 0.3) is 0 Å². The SMILES string of the molecule is Nc1cc(F)ccc1S(=O)(=O)NC1(CO)CC1. The van der Waals surface area contributed by atoms with Crippen LogP contribution in [0.15, 0.2) is 23.1 Å². The summed E-state index contributed by atoms with van der Waals surface area (Å²) in [5, 5.41) is 9.06. The first-order valence-electron chi connectivity index (χ1n) is 5.08. The summed E-state index contributed by atoms with van der Waals surface area (Å²) in [4.78, 5) is -0.168. The van der Waals surface area contributed by atoms with Gasteiger partial charge in [-0.05, 0) is 31.0 Å². The number of sulfonamides is 1. The van der Waals surface area contributed by atoms with Gasteiger partial charge in [-0.3, -0.25) is 0 Å². The van der Waals surface area contributed by atoms with Crippen LogP contribution in [0, 0.1) is 5.82 Å². The van der Waals surface area contributed by atoms with Gasteiger partial charge < -0.3 is 10.8 Å². The predicted molar refractivity (Wildman–Crippen MR) is 60.2 cm³/mol. The molecule has 0 amide bonds. The highest BCUT2D eigenvalue weighted by atomic mass is 32.2. The molecule has 0 radical (unpaired) electrons. The molecule has 1 aromatic rings. The molecular weight excluding hydrogens is 247 g/mol. The van der Waals surface area contributed by atoms with E-state index in [-0.39, 0.29) is 17.2 Å². The third-order valence-electron chi connectivity index (χ3n) is 2.77. The topological polar surface area (TPSA) is 92.4 Å². The first-order valence-corrected chi connectivity index (χ1v) is 6.57. The van der Waals surface area contributed by atoms with Gasteiger partial charge in [0.25, 0.3) is 0 Å². The number of rotatable bonds is 4. The number of anilines is 1. The smallest absolute Gasteiger partial charge is 0.243 e. The van der Waals surface area contributed by atoms with E-state index in [0.717, 1.165) is 18.2 Å². The minimum atomic E-state index is -3.82. The standard InChI is InChI=1S/C10H13FN2O3S/c11-7-1-2-9(8(12)5-7)17(15,16)13-10(6-14)3-4-10/h1-2,5,13-14H,3-4,6,12H2. The van der Waals surface area contributed by atoms with Gasteiger partial charge in [-0.25, -0.2) is 17.5 Å². The molecule has 0 spiro atoms. The number of halogens is 1. The lowest BCUT2D eigenvalue weighted by Gasteiger charge is -2.15. The summed E-state index contributed by atoms with van der Waals surface area (Å²) in [6.07, 6.45) is 1.17. The number of nitrogen functional groups attached to an aromatic ring is 1. The lowest BCUT2D eigenvalue weighted by Crippen LogP contribution is -2.39. The average molecular weight is 260 g/mol. The van der Waals surface area contributed by atoms with Crippen LogP contribution >= 0.6 is 0 Å². The van der Waals surface area contributed by atoms with Crippen molar-refractivity contribution in [2.75, 3.05) is 12.3 Å². The number of hydrogen-bond acceptors (Lipinski definition) is 4. The Bertz CT molecular complexity index is 540. The summed E-state index contributed by atoms with van der Waals surface area (Å²) < 4.78 is 39.1. The van der Waals surface area contributed by atoms with Crippen molar-refractivity contribution in [3.8, 4) is 0 Å². The average Bonchev–Trinajstić information content (AvgIpc) is 2.97. The Kier molecular flexibility index (Phi) is 2.84. The van der Waals surface area contributed by atoms with Crippen LogP contribution in [0.5, 0.6) is 0 Å². The number of aliphatic hydroxyl groups is 1. The van der Waals surface area contributed by atoms with Gasteiger partial charge in [-0.15, -0.1) is 0 Å². The van der Waals surface area contributed by atoms with Gasteiger partial charge in [0.1, 0.15) is 10.7 Å². The van der Waals surface area contributed by atoms with Crippen LogP contribution in [0.1, 0.15) is 12.8 Å². The predicted octanol–water partition coefficient (Wildman–Crippen LogP) is 0.211. The number of aliphatic hydroxyl groups excluding tert-OH is 1. The molecule has 0 atom stereocenters. The molecular formula is C10H13FN2O3S. The highest BCUT2D eigenvalue weighted by Crippen LogP contribution is 2.36. The molecule has 94 valence electrons. The fourth-order valence-corrected chi connectivity index (χ4v) is 3.11. The van der Waals surface area contributed by atoms with Gasteiger partial charge in [0.15, 0.2) is 0 Å². The van der Waals surface area contributed by atoms with E-state index in [0.29, 0.717) is 12.8 Å². The molecule has 17 heavy (non-hydrogen) atoms. The second-order valence-corrected chi connectivity index (χ2v) is 5.88. The van der Waals surface area contributed by atoms with E-state index < -0.39 is 21.4 Å². The molecule has 0 unspecified atom stereocenters. The fourth-order valence-electron chi connectivity index (χ4n) is 1.55. The molecule has 5 nitrogen and oxygen atoms in total. The fraction of sp³-hybridized carbons (Fsp3) is 0.400. The summed E-state index contributed by atoms with van der Waals surface area (Å²) in [6, 6.07) is 3.09. The third kappa shape index (κ3) is 2.41. The molecule has 1 saturated carbocycles. The van der Waals surface area contributed by atoms with E-state index in [1.54, 1.807) is 0 Å². The second kappa shape index (κ2) is 3.94. The third-order valence-corrected chi connectivity index (χ3v) is 4.42. The van der Waals surface area contributed by atoms with Crippen LogP contribution < -0.4 is 10.5 Å². The Hall–Kier alpha value is -1.18. The van der Waals surface area contributed by atoms with Gasteiger partial charge >= 0.3 is 0 Å². The van der Waals surface area contributed by atoms with Gasteiger partial charge in [-0.2, -0.15) is 0 Å². The lowest BCUT2D eigenvalue weighted by atomic mass is 10.3. The van der Waals surface area contributed by atoms with Crippen molar-refractivity contribution < 1.29 is 17.9 Å². The Morgan fingerprint density at radius 2 is 2.12 bits per heavy atom. The minimum absolute atomic E-state index is 0.147. The van der Waals surface area contributed by atoms with Crippen molar-refractivity contribution in [2.45, 2.75) is 23.3 Å². The molecule has 1 aliphatic carbocycles. The van der Waals surface area contributed by atoms with E-state index in [4.69, 9.17) is 10.8 Å². The molecule has 0 heterocycles. The summed E-state index contributed by atoms with van der Waals surface area (Å²) in [7, 11) is -3.82. The summed E-state index contributed by atoms with van der Waals surface area (Å²) in [5.41, 5.74) is 4.56. The van der Waals surface area contributed by atoms with Crippen molar-refractivity contribution in [1.82, 2.24) is 4.72 Å². The Labute approximate surface area is 98.5 Å². The Balaban J connectivity index is 2.32. The summed E-state index contributed by atoms with van der Waals surface area (Å²) in [6.45, 7) is -0.257. The van der Waals surface area contributed by atoms with E-state index in [2.05, 4.69) is 4.72 Å². The van der Waals surface area contributed by atoms with Crippen LogP contribution in [0.3, 0.4) is 0 Å². The summed E-state index contributed by atoms with van der Waals surface area (Å²) in [5.74, 6) is -0.593. The van der Waals surface area contributed by atoms with Crippen molar-refractivity contribution >= 4 is 15.7 Å². The van der Waals surface area contributed by atoms with E-state index >= 15 is 0 Å². The van der Waals surface area contributed by atoms with E-state index in [1.807, 2.05) is 0 Å². The van der Waals surface area contributed by atoms with Gasteiger partial charge in [0.2, 0.25) is 10.0 Å². The quantitative estimate of drug-likeness (QED) is 0.675. The zero-order chi connectivity index (χ0) is 12.7. The normalized spacial score (nSPS) is 18.0. The Morgan fingerprint density at radius 1 is 1.47 bits per heavy atom. The molecule has 7 heteroatoms. The maximum absolute atomic E-state index is 12.8. The monoisotopic (exact) mass is 260 g/mol. The van der Waals surface area contributed by atoms with E-state index in [9.17, 15) is 12.8 Å². The number of hydrogen-bond donors (Lipinski definition) is 3. The Morgan fingerprint density at radius 3 is 2.59 bits per heavy atom. The highest BCUT2D eigenvalue weighted by molar-refractivity contribution is 7.89. The molecule has 1 aliphatic rings. The van der Waals surface area contributed by atoms with Crippen LogP contribution in [0.4, 0.5) is 10.1 Å². The maximum atomic E-state index is 12.8. The highest BCUT2D eigenvalue weighted by Gasteiger charge is 2.45. The van der Waals surface area contributed by atoms with Gasteiger partial charge in [0, 0.05) is 0 Å². The number of benzene rings is 1. The zero-order valence-electron chi connectivity index (χ0n) is 8.98. The largest absolute Gasteiger partial charge is 0.398 e. The van der Waals surface area contributed by atoms with E-state index in [1.165, 1.54) is 0 Å². The van der Waals surface area contributed by atoms with Crippen molar-refractivity contribution in [2.24, 2.45) is 0 Å². The van der Waals surface area contributed by atoms with Crippen LogP contribution in [0.2, 0.25) is 0 Å².